The number of hydrogen-bond acceptors (Lipinski definition) is 4. The van der Waals surface area contributed by atoms with Crippen molar-refractivity contribution >= 4 is 5.91 Å². The molecule has 2 heterocycles. The average molecular weight is 241 g/mol. The summed E-state index contributed by atoms with van der Waals surface area (Å²) in [4.78, 5) is 17.1. The van der Waals surface area contributed by atoms with Gasteiger partial charge in [-0.2, -0.15) is 5.06 Å². The van der Waals surface area contributed by atoms with Crippen LogP contribution in [0.3, 0.4) is 0 Å². The normalized spacial score (nSPS) is 26.0. The Hall–Kier alpha value is -0.650. The standard InChI is InChI=1S/C12H23N3O2/c16-12(14-10-11-4-3-6-13-11)5-8-15-7-1-2-9-17-15/h11,13H,1-10H2,(H,14,16)/t11-/m1/s1. The van der Waals surface area contributed by atoms with Crippen LogP contribution in [0.25, 0.3) is 0 Å². The summed E-state index contributed by atoms with van der Waals surface area (Å²) in [5.74, 6) is 0.132. The Morgan fingerprint density at radius 2 is 2.35 bits per heavy atom. The van der Waals surface area contributed by atoms with Crippen LogP contribution in [0.5, 0.6) is 0 Å². The van der Waals surface area contributed by atoms with Crippen molar-refractivity contribution in [1.29, 1.82) is 0 Å². The molecule has 0 bridgehead atoms. The van der Waals surface area contributed by atoms with E-state index in [1.165, 1.54) is 19.3 Å². The SMILES string of the molecule is O=C(CCN1CCCCO1)NC[C@H]1CCCN1. The van der Waals surface area contributed by atoms with Crippen LogP contribution in [0.2, 0.25) is 0 Å². The van der Waals surface area contributed by atoms with Gasteiger partial charge in [0.05, 0.1) is 6.61 Å². The van der Waals surface area contributed by atoms with Gasteiger partial charge in [0.15, 0.2) is 0 Å². The maximum absolute atomic E-state index is 11.6. The lowest BCUT2D eigenvalue weighted by atomic mass is 10.2. The summed E-state index contributed by atoms with van der Waals surface area (Å²) in [6, 6.07) is 0.477. The molecule has 0 aromatic heterocycles. The molecular formula is C12H23N3O2. The first-order chi connectivity index (χ1) is 8.34. The molecule has 98 valence electrons. The highest BCUT2D eigenvalue weighted by molar-refractivity contribution is 5.76. The van der Waals surface area contributed by atoms with Gasteiger partial charge in [-0.25, -0.2) is 0 Å². The second-order valence-corrected chi connectivity index (χ2v) is 4.82. The van der Waals surface area contributed by atoms with E-state index in [-0.39, 0.29) is 5.91 Å². The van der Waals surface area contributed by atoms with Gasteiger partial charge in [-0.15, -0.1) is 0 Å². The van der Waals surface area contributed by atoms with Gasteiger partial charge in [0.25, 0.3) is 0 Å². The van der Waals surface area contributed by atoms with E-state index in [0.29, 0.717) is 19.0 Å². The van der Waals surface area contributed by atoms with Crippen LogP contribution in [0, 0.1) is 0 Å². The van der Waals surface area contributed by atoms with Crippen molar-refractivity contribution in [3.63, 3.8) is 0 Å². The molecule has 0 unspecified atom stereocenters. The summed E-state index contributed by atoms with van der Waals surface area (Å²) in [5, 5.41) is 8.26. The van der Waals surface area contributed by atoms with Crippen molar-refractivity contribution in [1.82, 2.24) is 15.7 Å². The highest BCUT2D eigenvalue weighted by Gasteiger charge is 2.16. The molecule has 0 aromatic carbocycles. The highest BCUT2D eigenvalue weighted by atomic mass is 16.7. The fraction of sp³-hybridized carbons (Fsp3) is 0.917. The van der Waals surface area contributed by atoms with Crippen LogP contribution in [0.4, 0.5) is 0 Å². The number of carbonyl (C=O) groups excluding carboxylic acids is 1. The van der Waals surface area contributed by atoms with Gasteiger partial charge >= 0.3 is 0 Å². The van der Waals surface area contributed by atoms with Crippen molar-refractivity contribution < 1.29 is 9.63 Å². The molecule has 0 saturated carbocycles. The molecule has 1 amide bonds. The lowest BCUT2D eigenvalue weighted by molar-refractivity contribution is -0.181. The minimum atomic E-state index is 0.132. The molecule has 0 radical (unpaired) electrons. The minimum absolute atomic E-state index is 0.132. The van der Waals surface area contributed by atoms with Gasteiger partial charge in [0, 0.05) is 32.1 Å². The van der Waals surface area contributed by atoms with E-state index in [0.717, 1.165) is 32.7 Å². The maximum atomic E-state index is 11.6. The molecule has 5 nitrogen and oxygen atoms in total. The third-order valence-corrected chi connectivity index (χ3v) is 3.37. The third kappa shape index (κ3) is 4.61. The number of rotatable bonds is 5. The largest absolute Gasteiger partial charge is 0.354 e. The molecule has 2 N–H and O–H groups in total. The molecule has 2 aliphatic rings. The van der Waals surface area contributed by atoms with Gasteiger partial charge in [-0.3, -0.25) is 9.63 Å². The van der Waals surface area contributed by atoms with Gasteiger partial charge < -0.3 is 10.6 Å². The van der Waals surface area contributed by atoms with Crippen molar-refractivity contribution in [2.45, 2.75) is 38.1 Å². The van der Waals surface area contributed by atoms with Gasteiger partial charge in [0.2, 0.25) is 5.91 Å². The molecule has 0 spiro atoms. The first-order valence-electron chi connectivity index (χ1n) is 6.72. The smallest absolute Gasteiger partial charge is 0.221 e. The predicted molar refractivity (Wildman–Crippen MR) is 65.4 cm³/mol. The lowest BCUT2D eigenvalue weighted by Crippen LogP contribution is -2.39. The minimum Gasteiger partial charge on any atom is -0.354 e. The summed E-state index contributed by atoms with van der Waals surface area (Å²) in [7, 11) is 0. The number of nitrogens with one attached hydrogen (secondary N) is 2. The van der Waals surface area contributed by atoms with Crippen molar-refractivity contribution in [3.05, 3.63) is 0 Å². The highest BCUT2D eigenvalue weighted by Crippen LogP contribution is 2.06. The first-order valence-corrected chi connectivity index (χ1v) is 6.72. The molecule has 1 atom stereocenters. The predicted octanol–water partition coefficient (Wildman–Crippen LogP) is 0.272. The Balaban J connectivity index is 1.53. The van der Waals surface area contributed by atoms with Gasteiger partial charge in [-0.1, -0.05) is 0 Å². The summed E-state index contributed by atoms with van der Waals surface area (Å²) in [6.45, 7) is 4.32. The zero-order valence-electron chi connectivity index (χ0n) is 10.4. The van der Waals surface area contributed by atoms with Crippen molar-refractivity contribution in [3.8, 4) is 0 Å². The van der Waals surface area contributed by atoms with Crippen LogP contribution in [0.15, 0.2) is 0 Å². The van der Waals surface area contributed by atoms with E-state index in [4.69, 9.17) is 4.84 Å². The molecule has 2 fully saturated rings. The fourth-order valence-electron chi connectivity index (χ4n) is 2.31. The Labute approximate surface area is 103 Å². The zero-order valence-corrected chi connectivity index (χ0v) is 10.4. The van der Waals surface area contributed by atoms with Crippen LogP contribution in [0.1, 0.15) is 32.1 Å². The molecule has 5 heteroatoms. The van der Waals surface area contributed by atoms with Gasteiger partial charge in [-0.05, 0) is 32.2 Å². The number of carbonyl (C=O) groups is 1. The van der Waals surface area contributed by atoms with Crippen LogP contribution >= 0.6 is 0 Å². The van der Waals surface area contributed by atoms with E-state index in [2.05, 4.69) is 10.6 Å². The number of hydroxylamine groups is 2. The first kappa shape index (κ1) is 12.8. The Kier molecular flexibility index (Phi) is 5.22. The summed E-state index contributed by atoms with van der Waals surface area (Å²) >= 11 is 0. The Morgan fingerprint density at radius 1 is 1.41 bits per heavy atom. The molecule has 0 aliphatic carbocycles. The molecule has 2 saturated heterocycles. The number of nitrogens with zero attached hydrogens (tertiary/aromatic N) is 1. The van der Waals surface area contributed by atoms with E-state index >= 15 is 0 Å². The van der Waals surface area contributed by atoms with E-state index in [9.17, 15) is 4.79 Å². The molecular weight excluding hydrogens is 218 g/mol. The molecule has 17 heavy (non-hydrogen) atoms. The molecule has 0 aromatic rings. The van der Waals surface area contributed by atoms with Gasteiger partial charge in [0.1, 0.15) is 0 Å². The van der Waals surface area contributed by atoms with Crippen molar-refractivity contribution in [2.24, 2.45) is 0 Å². The second-order valence-electron chi connectivity index (χ2n) is 4.82. The van der Waals surface area contributed by atoms with Crippen LogP contribution in [-0.2, 0) is 9.63 Å². The van der Waals surface area contributed by atoms with Crippen LogP contribution in [-0.4, -0.2) is 49.8 Å². The second kappa shape index (κ2) is 6.93. The lowest BCUT2D eigenvalue weighted by Gasteiger charge is -2.25. The monoisotopic (exact) mass is 241 g/mol. The Bertz CT molecular complexity index is 236. The zero-order chi connectivity index (χ0) is 11.9. The quantitative estimate of drug-likeness (QED) is 0.725. The van der Waals surface area contributed by atoms with E-state index in [1.807, 2.05) is 5.06 Å². The Morgan fingerprint density at radius 3 is 3.06 bits per heavy atom. The fourth-order valence-corrected chi connectivity index (χ4v) is 2.31. The maximum Gasteiger partial charge on any atom is 0.221 e. The van der Waals surface area contributed by atoms with Crippen molar-refractivity contribution in [2.75, 3.05) is 32.8 Å². The molecule has 2 aliphatic heterocycles. The molecule has 2 rings (SSSR count). The summed E-state index contributed by atoms with van der Waals surface area (Å²) in [5.41, 5.74) is 0. The van der Waals surface area contributed by atoms with Crippen LogP contribution < -0.4 is 10.6 Å². The summed E-state index contributed by atoms with van der Waals surface area (Å²) in [6.07, 6.45) is 5.24. The third-order valence-electron chi connectivity index (χ3n) is 3.37. The number of amides is 1. The number of hydrogen-bond donors (Lipinski definition) is 2. The van der Waals surface area contributed by atoms with E-state index in [1.54, 1.807) is 0 Å². The topological polar surface area (TPSA) is 53.6 Å². The summed E-state index contributed by atoms with van der Waals surface area (Å²) < 4.78 is 0. The average Bonchev–Trinajstić information content (AvgIpc) is 2.88. The van der Waals surface area contributed by atoms with E-state index < -0.39 is 0 Å².